The molecule has 0 nitrogen and oxygen atoms in total. The molecule has 0 spiro atoms. The second-order valence-corrected chi connectivity index (χ2v) is 4.34. The van der Waals surface area contributed by atoms with E-state index in [1.165, 1.54) is 6.42 Å². The SMILES string of the molecule is C.CCC(C)(C)PC. The standard InChI is InChI=1S/C6H15P.CH4/c1-5-6(2,3)7-4;/h7H,5H2,1-4H3;1H4. The molecule has 1 atom stereocenters. The van der Waals surface area contributed by atoms with Gasteiger partial charge in [0.05, 0.1) is 0 Å². The Morgan fingerprint density at radius 3 is 1.75 bits per heavy atom. The summed E-state index contributed by atoms with van der Waals surface area (Å²) in [5.74, 6) is 0. The molecule has 0 aliphatic rings. The van der Waals surface area contributed by atoms with Gasteiger partial charge in [0, 0.05) is 0 Å². The summed E-state index contributed by atoms with van der Waals surface area (Å²) < 4.78 is 0. The van der Waals surface area contributed by atoms with E-state index in [1.54, 1.807) is 0 Å². The van der Waals surface area contributed by atoms with Gasteiger partial charge in [-0.2, -0.15) is 0 Å². The normalized spacial score (nSPS) is 12.0. The maximum atomic E-state index is 2.31. The van der Waals surface area contributed by atoms with Crippen LogP contribution in [0.2, 0.25) is 0 Å². The lowest BCUT2D eigenvalue weighted by Crippen LogP contribution is -2.08. The molecule has 0 heterocycles. The van der Waals surface area contributed by atoms with Gasteiger partial charge in [0.25, 0.3) is 0 Å². The molecule has 1 unspecified atom stereocenters. The minimum absolute atomic E-state index is 0. The first-order chi connectivity index (χ1) is 3.12. The Bertz CT molecular complexity index is 42.3. The molecule has 0 rings (SSSR count). The van der Waals surface area contributed by atoms with Gasteiger partial charge >= 0.3 is 0 Å². The summed E-state index contributed by atoms with van der Waals surface area (Å²) in [6.45, 7) is 9.14. The first-order valence-electron chi connectivity index (χ1n) is 2.81. The fourth-order valence-corrected chi connectivity index (χ4v) is 0.530. The summed E-state index contributed by atoms with van der Waals surface area (Å²) in [5, 5.41) is 0.611. The van der Waals surface area contributed by atoms with Crippen LogP contribution in [-0.4, -0.2) is 11.8 Å². The van der Waals surface area contributed by atoms with Crippen LogP contribution in [0.3, 0.4) is 0 Å². The number of rotatable bonds is 2. The van der Waals surface area contributed by atoms with Crippen molar-refractivity contribution in [3.8, 4) is 0 Å². The number of hydrogen-bond donors (Lipinski definition) is 0. The molecule has 0 aromatic carbocycles. The first kappa shape index (κ1) is 11.3. The van der Waals surface area contributed by atoms with Crippen molar-refractivity contribution in [2.24, 2.45) is 0 Å². The Hall–Kier alpha value is 0.430. The van der Waals surface area contributed by atoms with Gasteiger partial charge < -0.3 is 0 Å². The van der Waals surface area contributed by atoms with E-state index in [-0.39, 0.29) is 7.43 Å². The van der Waals surface area contributed by atoms with Crippen LogP contribution in [0.1, 0.15) is 34.6 Å². The Balaban J connectivity index is 0. The smallest absolute Gasteiger partial charge is 0.0184 e. The van der Waals surface area contributed by atoms with E-state index < -0.39 is 0 Å². The molecule has 0 amide bonds. The van der Waals surface area contributed by atoms with Crippen LogP contribution in [0.5, 0.6) is 0 Å². The van der Waals surface area contributed by atoms with Crippen LogP contribution in [-0.2, 0) is 0 Å². The third-order valence-electron chi connectivity index (χ3n) is 1.56. The average Bonchev–Trinajstić information content (AvgIpc) is 1.68. The summed E-state index contributed by atoms with van der Waals surface area (Å²) in [5.41, 5.74) is 0. The van der Waals surface area contributed by atoms with E-state index in [0.29, 0.717) is 5.16 Å². The zero-order valence-corrected chi connectivity index (χ0v) is 6.71. The second kappa shape index (κ2) is 4.32. The summed E-state index contributed by atoms with van der Waals surface area (Å²) in [4.78, 5) is 0. The van der Waals surface area contributed by atoms with Gasteiger partial charge in [-0.1, -0.05) is 28.2 Å². The minimum atomic E-state index is 0. The third kappa shape index (κ3) is 4.59. The quantitative estimate of drug-likeness (QED) is 0.509. The fraction of sp³-hybridized carbons (Fsp3) is 1.00. The number of hydrogen-bond acceptors (Lipinski definition) is 0. The highest BCUT2D eigenvalue weighted by molar-refractivity contribution is 7.38. The molecule has 0 fully saturated rings. The highest BCUT2D eigenvalue weighted by Gasteiger charge is 2.09. The first-order valence-corrected chi connectivity index (χ1v) is 4.31. The lowest BCUT2D eigenvalue weighted by Gasteiger charge is -2.18. The Labute approximate surface area is 55.8 Å². The van der Waals surface area contributed by atoms with E-state index in [0.717, 1.165) is 8.58 Å². The van der Waals surface area contributed by atoms with Gasteiger partial charge in [0.2, 0.25) is 0 Å². The summed E-state index contributed by atoms with van der Waals surface area (Å²) in [6, 6.07) is 0. The molecule has 0 bridgehead atoms. The Morgan fingerprint density at radius 2 is 1.75 bits per heavy atom. The van der Waals surface area contributed by atoms with E-state index in [9.17, 15) is 0 Å². The maximum Gasteiger partial charge on any atom is -0.0184 e. The van der Waals surface area contributed by atoms with Gasteiger partial charge in [-0.15, -0.1) is 8.58 Å². The molecule has 1 heteroatoms. The van der Waals surface area contributed by atoms with Crippen molar-refractivity contribution >= 4 is 8.58 Å². The average molecular weight is 134 g/mol. The third-order valence-corrected chi connectivity index (χ3v) is 3.27. The highest BCUT2D eigenvalue weighted by Crippen LogP contribution is 2.29. The van der Waals surface area contributed by atoms with E-state index in [4.69, 9.17) is 0 Å². The van der Waals surface area contributed by atoms with Gasteiger partial charge in [-0.25, -0.2) is 0 Å². The van der Waals surface area contributed by atoms with Gasteiger partial charge in [0.15, 0.2) is 0 Å². The Kier molecular flexibility index (Phi) is 6.08. The molecule has 0 saturated carbocycles. The Morgan fingerprint density at radius 1 is 1.38 bits per heavy atom. The van der Waals surface area contributed by atoms with E-state index in [2.05, 4.69) is 27.4 Å². The summed E-state index contributed by atoms with van der Waals surface area (Å²) in [7, 11) is 1.08. The van der Waals surface area contributed by atoms with Crippen molar-refractivity contribution in [2.45, 2.75) is 39.8 Å². The molecule has 52 valence electrons. The van der Waals surface area contributed by atoms with Crippen molar-refractivity contribution in [1.82, 2.24) is 0 Å². The monoisotopic (exact) mass is 134 g/mol. The van der Waals surface area contributed by atoms with Crippen molar-refractivity contribution in [3.63, 3.8) is 0 Å². The predicted molar refractivity (Wildman–Crippen MR) is 45.3 cm³/mol. The van der Waals surface area contributed by atoms with Crippen LogP contribution in [0, 0.1) is 0 Å². The zero-order chi connectivity index (χ0) is 5.91. The molecule has 0 aromatic rings. The molecule has 0 aliphatic heterocycles. The van der Waals surface area contributed by atoms with E-state index in [1.807, 2.05) is 0 Å². The predicted octanol–water partition coefficient (Wildman–Crippen LogP) is 3.12. The molecule has 0 radical (unpaired) electrons. The fourth-order valence-electron chi connectivity index (χ4n) is 0.177. The lowest BCUT2D eigenvalue weighted by molar-refractivity contribution is 0.679. The van der Waals surface area contributed by atoms with Gasteiger partial charge in [0.1, 0.15) is 0 Å². The summed E-state index contributed by atoms with van der Waals surface area (Å²) in [6.07, 6.45) is 1.31. The van der Waals surface area contributed by atoms with Crippen molar-refractivity contribution in [2.75, 3.05) is 6.66 Å². The van der Waals surface area contributed by atoms with Gasteiger partial charge in [-0.05, 0) is 18.2 Å². The minimum Gasteiger partial charge on any atom is -0.119 e. The molecule has 8 heavy (non-hydrogen) atoms. The molecular formula is C7H19P. The summed E-state index contributed by atoms with van der Waals surface area (Å²) >= 11 is 0. The highest BCUT2D eigenvalue weighted by atomic mass is 31.1. The van der Waals surface area contributed by atoms with Crippen molar-refractivity contribution in [3.05, 3.63) is 0 Å². The lowest BCUT2D eigenvalue weighted by atomic mass is 10.1. The van der Waals surface area contributed by atoms with Crippen LogP contribution >= 0.6 is 8.58 Å². The van der Waals surface area contributed by atoms with Crippen LogP contribution in [0.25, 0.3) is 0 Å². The van der Waals surface area contributed by atoms with E-state index >= 15 is 0 Å². The molecular weight excluding hydrogens is 115 g/mol. The molecule has 0 saturated heterocycles. The molecule has 0 aliphatic carbocycles. The van der Waals surface area contributed by atoms with Crippen molar-refractivity contribution in [1.29, 1.82) is 0 Å². The largest absolute Gasteiger partial charge is 0.119 e. The van der Waals surface area contributed by atoms with Crippen LogP contribution < -0.4 is 0 Å². The molecule has 0 N–H and O–H groups in total. The topological polar surface area (TPSA) is 0 Å². The maximum absolute atomic E-state index is 2.31. The molecule has 0 aromatic heterocycles. The van der Waals surface area contributed by atoms with Crippen molar-refractivity contribution < 1.29 is 0 Å². The van der Waals surface area contributed by atoms with Crippen LogP contribution in [0.15, 0.2) is 0 Å². The van der Waals surface area contributed by atoms with Crippen LogP contribution in [0.4, 0.5) is 0 Å². The zero-order valence-electron chi connectivity index (χ0n) is 5.71. The van der Waals surface area contributed by atoms with Gasteiger partial charge in [-0.3, -0.25) is 0 Å². The second-order valence-electron chi connectivity index (χ2n) is 2.49.